The number of amides is 1. The molecule has 0 bridgehead atoms. The molecule has 1 aliphatic heterocycles. The average molecular weight is 487 g/mol. The molecule has 1 aromatic heterocycles. The van der Waals surface area contributed by atoms with Gasteiger partial charge in [0.25, 0.3) is 0 Å². The summed E-state index contributed by atoms with van der Waals surface area (Å²) in [6.07, 6.45) is 0. The first-order valence-electron chi connectivity index (χ1n) is 10.7. The predicted octanol–water partition coefficient (Wildman–Crippen LogP) is 5.64. The van der Waals surface area contributed by atoms with Gasteiger partial charge in [-0.25, -0.2) is 4.98 Å². The van der Waals surface area contributed by atoms with Crippen molar-refractivity contribution >= 4 is 52.0 Å². The average Bonchev–Trinajstić information content (AvgIpc) is 3.28. The third kappa shape index (κ3) is 5.64. The van der Waals surface area contributed by atoms with Gasteiger partial charge in [-0.05, 0) is 25.6 Å². The first kappa shape index (κ1) is 23.1. The molecule has 0 radical (unpaired) electrons. The quantitative estimate of drug-likeness (QED) is 0.437. The van der Waals surface area contributed by atoms with E-state index in [1.807, 2.05) is 23.6 Å². The molecule has 1 aliphatic rings. The molecule has 1 saturated heterocycles. The van der Waals surface area contributed by atoms with E-state index >= 15 is 0 Å². The molecule has 8 heteroatoms. The van der Waals surface area contributed by atoms with Gasteiger partial charge in [-0.15, -0.1) is 11.3 Å². The molecule has 0 saturated carbocycles. The maximum Gasteiger partial charge on any atom is 0.234 e. The van der Waals surface area contributed by atoms with E-state index < -0.39 is 0 Å². The van der Waals surface area contributed by atoms with Crippen molar-refractivity contribution in [3.05, 3.63) is 58.4 Å². The number of para-hydroxylation sites is 1. The van der Waals surface area contributed by atoms with Gasteiger partial charge in [-0.1, -0.05) is 66.2 Å². The Labute approximate surface area is 202 Å². The standard InChI is InChI=1S/C24H27ClN4OS2/c1-3-28-11-13-29(14-12-28)23-19(25)5-4-6-20(23)26-22(30)16-32-24-27-21(15-31-24)18-9-7-17(2)8-10-18/h4-10,15H,3,11-14,16H2,1-2H3,(H,26,30). The molecule has 32 heavy (non-hydrogen) atoms. The number of aromatic nitrogens is 1. The molecule has 1 N–H and O–H groups in total. The van der Waals surface area contributed by atoms with Crippen LogP contribution in [0.1, 0.15) is 12.5 Å². The molecule has 168 valence electrons. The van der Waals surface area contributed by atoms with Crippen LogP contribution in [0.4, 0.5) is 11.4 Å². The van der Waals surface area contributed by atoms with Crippen LogP contribution in [-0.4, -0.2) is 54.3 Å². The van der Waals surface area contributed by atoms with Crippen molar-refractivity contribution in [1.29, 1.82) is 0 Å². The maximum absolute atomic E-state index is 12.7. The fourth-order valence-corrected chi connectivity index (χ4v) is 5.65. The lowest BCUT2D eigenvalue weighted by Crippen LogP contribution is -2.46. The molecule has 0 aliphatic carbocycles. The molecular weight excluding hydrogens is 460 g/mol. The zero-order chi connectivity index (χ0) is 22.5. The Morgan fingerprint density at radius 2 is 1.91 bits per heavy atom. The van der Waals surface area contributed by atoms with E-state index in [1.54, 1.807) is 11.3 Å². The van der Waals surface area contributed by atoms with Crippen LogP contribution in [0.25, 0.3) is 11.3 Å². The van der Waals surface area contributed by atoms with Crippen LogP contribution in [0, 0.1) is 6.92 Å². The minimum atomic E-state index is -0.0576. The van der Waals surface area contributed by atoms with Crippen LogP contribution < -0.4 is 10.2 Å². The summed E-state index contributed by atoms with van der Waals surface area (Å²) in [6.45, 7) is 9.10. The predicted molar refractivity (Wildman–Crippen MR) is 137 cm³/mol. The number of hydrogen-bond donors (Lipinski definition) is 1. The number of nitrogens with one attached hydrogen (secondary N) is 1. The lowest BCUT2D eigenvalue weighted by molar-refractivity contribution is -0.113. The van der Waals surface area contributed by atoms with E-state index in [2.05, 4.69) is 58.2 Å². The Morgan fingerprint density at radius 1 is 1.16 bits per heavy atom. The number of thioether (sulfide) groups is 1. The zero-order valence-corrected chi connectivity index (χ0v) is 20.7. The number of likely N-dealkylation sites (N-methyl/N-ethyl adjacent to an activating group) is 1. The first-order valence-corrected chi connectivity index (χ1v) is 13.0. The van der Waals surface area contributed by atoms with Gasteiger partial charge in [-0.3, -0.25) is 4.79 Å². The highest BCUT2D eigenvalue weighted by Gasteiger charge is 2.21. The second-order valence-corrected chi connectivity index (χ2v) is 10.2. The number of carbonyl (C=O) groups is 1. The zero-order valence-electron chi connectivity index (χ0n) is 18.3. The molecule has 0 spiro atoms. The molecule has 0 unspecified atom stereocenters. The van der Waals surface area contributed by atoms with Gasteiger partial charge >= 0.3 is 0 Å². The second-order valence-electron chi connectivity index (χ2n) is 7.76. The number of piperazine rings is 1. The third-order valence-electron chi connectivity index (χ3n) is 5.55. The Bertz CT molecular complexity index is 1060. The van der Waals surface area contributed by atoms with Crippen molar-refractivity contribution in [2.45, 2.75) is 18.2 Å². The molecule has 2 aromatic carbocycles. The number of rotatable bonds is 7. The Balaban J connectivity index is 1.38. The lowest BCUT2D eigenvalue weighted by atomic mass is 10.1. The van der Waals surface area contributed by atoms with Crippen molar-refractivity contribution in [3.8, 4) is 11.3 Å². The van der Waals surface area contributed by atoms with E-state index in [0.717, 1.165) is 59.7 Å². The van der Waals surface area contributed by atoms with Crippen molar-refractivity contribution in [2.75, 3.05) is 48.7 Å². The summed E-state index contributed by atoms with van der Waals surface area (Å²) in [4.78, 5) is 22.1. The topological polar surface area (TPSA) is 48.5 Å². The summed E-state index contributed by atoms with van der Waals surface area (Å²) in [6, 6.07) is 14.0. The molecule has 1 fully saturated rings. The van der Waals surface area contributed by atoms with Gasteiger partial charge in [0, 0.05) is 37.1 Å². The molecule has 2 heterocycles. The van der Waals surface area contributed by atoms with Crippen LogP contribution in [0.5, 0.6) is 0 Å². The fourth-order valence-electron chi connectivity index (χ4n) is 3.72. The van der Waals surface area contributed by atoms with Crippen LogP contribution in [0.15, 0.2) is 52.2 Å². The Kier molecular flexibility index (Phi) is 7.73. The monoisotopic (exact) mass is 486 g/mol. The van der Waals surface area contributed by atoms with Gasteiger partial charge in [-0.2, -0.15) is 0 Å². The van der Waals surface area contributed by atoms with E-state index in [9.17, 15) is 4.79 Å². The molecular formula is C24H27ClN4OS2. The van der Waals surface area contributed by atoms with Crippen LogP contribution in [0.3, 0.4) is 0 Å². The number of anilines is 2. The van der Waals surface area contributed by atoms with Crippen molar-refractivity contribution in [1.82, 2.24) is 9.88 Å². The van der Waals surface area contributed by atoms with E-state index in [1.165, 1.54) is 17.3 Å². The number of halogens is 1. The smallest absolute Gasteiger partial charge is 0.234 e. The molecule has 1 amide bonds. The number of aryl methyl sites for hydroxylation is 1. The van der Waals surface area contributed by atoms with E-state index in [0.29, 0.717) is 10.8 Å². The third-order valence-corrected chi connectivity index (χ3v) is 7.88. The summed E-state index contributed by atoms with van der Waals surface area (Å²) in [5, 5.41) is 5.77. The molecule has 4 rings (SSSR count). The number of nitrogens with zero attached hydrogens (tertiary/aromatic N) is 3. The number of hydrogen-bond acceptors (Lipinski definition) is 6. The van der Waals surface area contributed by atoms with E-state index in [-0.39, 0.29) is 5.91 Å². The summed E-state index contributed by atoms with van der Waals surface area (Å²) in [5.74, 6) is 0.244. The summed E-state index contributed by atoms with van der Waals surface area (Å²) >= 11 is 9.56. The highest BCUT2D eigenvalue weighted by Crippen LogP contribution is 2.35. The highest BCUT2D eigenvalue weighted by atomic mass is 35.5. The largest absolute Gasteiger partial charge is 0.366 e. The van der Waals surface area contributed by atoms with Crippen LogP contribution >= 0.6 is 34.7 Å². The van der Waals surface area contributed by atoms with Gasteiger partial charge in [0.15, 0.2) is 4.34 Å². The number of benzene rings is 2. The molecule has 0 atom stereocenters. The highest BCUT2D eigenvalue weighted by molar-refractivity contribution is 8.01. The van der Waals surface area contributed by atoms with Gasteiger partial charge < -0.3 is 15.1 Å². The first-order chi connectivity index (χ1) is 15.5. The maximum atomic E-state index is 12.7. The summed E-state index contributed by atoms with van der Waals surface area (Å²) < 4.78 is 0.887. The minimum Gasteiger partial charge on any atom is -0.366 e. The Hall–Kier alpha value is -2.06. The van der Waals surface area contributed by atoms with Crippen molar-refractivity contribution in [2.24, 2.45) is 0 Å². The van der Waals surface area contributed by atoms with E-state index in [4.69, 9.17) is 11.6 Å². The van der Waals surface area contributed by atoms with Crippen molar-refractivity contribution < 1.29 is 4.79 Å². The summed E-state index contributed by atoms with van der Waals surface area (Å²) in [5.41, 5.74) is 4.95. The SMILES string of the molecule is CCN1CCN(c2c(Cl)cccc2NC(=O)CSc2nc(-c3ccc(C)cc3)cs2)CC1. The minimum absolute atomic E-state index is 0.0576. The second kappa shape index (κ2) is 10.7. The van der Waals surface area contributed by atoms with Crippen molar-refractivity contribution in [3.63, 3.8) is 0 Å². The van der Waals surface area contributed by atoms with Gasteiger partial charge in [0.2, 0.25) is 5.91 Å². The van der Waals surface area contributed by atoms with Gasteiger partial charge in [0.1, 0.15) is 0 Å². The fraction of sp³-hybridized carbons (Fsp3) is 0.333. The number of carbonyl (C=O) groups excluding carboxylic acids is 1. The Morgan fingerprint density at radius 3 is 2.62 bits per heavy atom. The lowest BCUT2D eigenvalue weighted by Gasteiger charge is -2.36. The van der Waals surface area contributed by atoms with Gasteiger partial charge in [0.05, 0.1) is 27.8 Å². The normalized spacial score (nSPS) is 14.5. The number of thiazole rings is 1. The van der Waals surface area contributed by atoms with Crippen LogP contribution in [0.2, 0.25) is 5.02 Å². The molecule has 5 nitrogen and oxygen atoms in total. The molecule has 3 aromatic rings. The van der Waals surface area contributed by atoms with Crippen LogP contribution in [-0.2, 0) is 4.79 Å². The summed E-state index contributed by atoms with van der Waals surface area (Å²) in [7, 11) is 0.